The van der Waals surface area contributed by atoms with Gasteiger partial charge in [-0.1, -0.05) is 11.3 Å². The number of thiazole rings is 1. The van der Waals surface area contributed by atoms with Crippen molar-refractivity contribution in [1.29, 1.82) is 0 Å². The molecule has 2 aliphatic rings. The van der Waals surface area contributed by atoms with Crippen molar-refractivity contribution in [1.82, 2.24) is 10.3 Å². The zero-order valence-electron chi connectivity index (χ0n) is 10.6. The highest BCUT2D eigenvalue weighted by atomic mass is 32.1. The van der Waals surface area contributed by atoms with Gasteiger partial charge in [0.15, 0.2) is 5.13 Å². The van der Waals surface area contributed by atoms with Gasteiger partial charge >= 0.3 is 5.97 Å². The fraction of sp³-hybridized carbons (Fsp3) is 0.583. The lowest BCUT2D eigenvalue weighted by atomic mass is 10.1. The lowest BCUT2D eigenvalue weighted by molar-refractivity contribution is -0.145. The number of rotatable bonds is 2. The minimum absolute atomic E-state index is 0.0468. The van der Waals surface area contributed by atoms with Crippen LogP contribution in [-0.4, -0.2) is 37.1 Å². The van der Waals surface area contributed by atoms with Crippen LogP contribution < -0.4 is 10.2 Å². The van der Waals surface area contributed by atoms with Crippen LogP contribution in [0.3, 0.4) is 0 Å². The Morgan fingerprint density at radius 1 is 1.58 bits per heavy atom. The van der Waals surface area contributed by atoms with Gasteiger partial charge in [0.1, 0.15) is 0 Å². The molecule has 1 N–H and O–H groups in total. The van der Waals surface area contributed by atoms with Crippen LogP contribution in [0, 0.1) is 5.92 Å². The van der Waals surface area contributed by atoms with E-state index < -0.39 is 0 Å². The zero-order chi connectivity index (χ0) is 13.4. The van der Waals surface area contributed by atoms with Crippen LogP contribution in [0.5, 0.6) is 0 Å². The molecule has 3 heterocycles. The third kappa shape index (κ3) is 2.23. The van der Waals surface area contributed by atoms with Crippen LogP contribution >= 0.6 is 11.3 Å². The van der Waals surface area contributed by atoms with Gasteiger partial charge in [-0.2, -0.15) is 0 Å². The Bertz CT molecular complexity index is 505. The molecule has 2 aliphatic heterocycles. The number of nitrogens with one attached hydrogen (secondary N) is 1. The summed E-state index contributed by atoms with van der Waals surface area (Å²) in [6.45, 7) is 2.12. The van der Waals surface area contributed by atoms with Crippen molar-refractivity contribution in [3.63, 3.8) is 0 Å². The quantitative estimate of drug-likeness (QED) is 0.790. The van der Waals surface area contributed by atoms with Gasteiger partial charge in [0.05, 0.1) is 18.7 Å². The first-order valence-electron chi connectivity index (χ1n) is 6.26. The summed E-state index contributed by atoms with van der Waals surface area (Å²) in [5.74, 6) is -0.732. The maximum atomic E-state index is 12.0. The second-order valence-corrected chi connectivity index (χ2v) is 5.78. The Balaban J connectivity index is 1.80. The molecule has 1 atom stereocenters. The lowest BCUT2D eigenvalue weighted by Gasteiger charge is -2.11. The number of nitrogens with zero attached hydrogens (tertiary/aromatic N) is 2. The van der Waals surface area contributed by atoms with Gasteiger partial charge in [-0.05, 0) is 0 Å². The van der Waals surface area contributed by atoms with Gasteiger partial charge in [0.25, 0.3) is 0 Å². The molecule has 0 radical (unpaired) electrons. The lowest BCUT2D eigenvalue weighted by Crippen LogP contribution is -2.26. The molecule has 1 amide bonds. The summed E-state index contributed by atoms with van der Waals surface area (Å²) in [5.41, 5.74) is 1.08. The molecule has 1 saturated heterocycles. The SMILES string of the molecule is COC(=O)C1CC(=O)N(c2nc3c(s2)CNCC3)C1. The molecule has 0 spiro atoms. The van der Waals surface area contributed by atoms with Crippen molar-refractivity contribution >= 4 is 28.3 Å². The molecule has 0 saturated carbocycles. The van der Waals surface area contributed by atoms with Crippen molar-refractivity contribution in [2.24, 2.45) is 5.92 Å². The number of hydrogen-bond donors (Lipinski definition) is 1. The second kappa shape index (κ2) is 4.90. The summed E-state index contributed by atoms with van der Waals surface area (Å²) in [4.78, 5) is 30.8. The number of carbonyl (C=O) groups excluding carboxylic acids is 2. The van der Waals surface area contributed by atoms with Gasteiger partial charge in [-0.25, -0.2) is 4.98 Å². The van der Waals surface area contributed by atoms with E-state index in [1.54, 1.807) is 4.90 Å². The highest BCUT2D eigenvalue weighted by Gasteiger charge is 2.37. The first-order valence-corrected chi connectivity index (χ1v) is 7.08. The maximum Gasteiger partial charge on any atom is 0.311 e. The summed E-state index contributed by atoms with van der Waals surface area (Å²) in [6, 6.07) is 0. The average Bonchev–Trinajstić information content (AvgIpc) is 3.00. The highest BCUT2D eigenvalue weighted by molar-refractivity contribution is 7.16. The number of hydrogen-bond acceptors (Lipinski definition) is 6. The van der Waals surface area contributed by atoms with Crippen molar-refractivity contribution < 1.29 is 14.3 Å². The highest BCUT2D eigenvalue weighted by Crippen LogP contribution is 2.32. The number of methoxy groups -OCH3 is 1. The molecule has 1 aromatic heterocycles. The molecule has 19 heavy (non-hydrogen) atoms. The standard InChI is InChI=1S/C12H15N3O3S/c1-18-11(17)7-4-10(16)15(6-7)12-14-8-2-3-13-5-9(8)19-12/h7,13H,2-6H2,1H3. The zero-order valence-corrected chi connectivity index (χ0v) is 11.5. The molecule has 6 nitrogen and oxygen atoms in total. The smallest absolute Gasteiger partial charge is 0.311 e. The minimum Gasteiger partial charge on any atom is -0.469 e. The number of amides is 1. The molecule has 1 aromatic rings. The predicted octanol–water partition coefficient (Wildman–Crippen LogP) is 0.315. The van der Waals surface area contributed by atoms with E-state index in [2.05, 4.69) is 10.3 Å². The molecule has 0 bridgehead atoms. The van der Waals surface area contributed by atoms with Gasteiger partial charge in [0.2, 0.25) is 5.91 Å². The number of fused-ring (bicyclic) bond motifs is 1. The Morgan fingerprint density at radius 3 is 3.16 bits per heavy atom. The van der Waals surface area contributed by atoms with E-state index in [0.29, 0.717) is 11.7 Å². The van der Waals surface area contributed by atoms with E-state index in [1.807, 2.05) is 0 Å². The number of anilines is 1. The third-order valence-corrected chi connectivity index (χ3v) is 4.60. The molecular formula is C12H15N3O3S. The van der Waals surface area contributed by atoms with Crippen molar-refractivity contribution in [3.8, 4) is 0 Å². The fourth-order valence-electron chi connectivity index (χ4n) is 2.44. The minimum atomic E-state index is -0.364. The van der Waals surface area contributed by atoms with Gasteiger partial charge in [-0.15, -0.1) is 0 Å². The van der Waals surface area contributed by atoms with Crippen molar-refractivity contribution in [3.05, 3.63) is 10.6 Å². The first-order chi connectivity index (χ1) is 9.19. The van der Waals surface area contributed by atoms with E-state index >= 15 is 0 Å². The van der Waals surface area contributed by atoms with Crippen molar-refractivity contribution in [2.75, 3.05) is 25.1 Å². The number of aromatic nitrogens is 1. The van der Waals surface area contributed by atoms with Crippen LogP contribution in [0.1, 0.15) is 17.0 Å². The summed E-state index contributed by atoms with van der Waals surface area (Å²) in [6.07, 6.45) is 1.11. The second-order valence-electron chi connectivity index (χ2n) is 4.72. The summed E-state index contributed by atoms with van der Waals surface area (Å²) in [5, 5.41) is 4.00. The Hall–Kier alpha value is -1.47. The van der Waals surface area contributed by atoms with E-state index in [9.17, 15) is 9.59 Å². The molecule has 1 fully saturated rings. The monoisotopic (exact) mass is 281 g/mol. The molecule has 7 heteroatoms. The summed E-state index contributed by atoms with van der Waals surface area (Å²) >= 11 is 1.54. The van der Waals surface area contributed by atoms with E-state index in [4.69, 9.17) is 4.74 Å². The van der Waals surface area contributed by atoms with Crippen molar-refractivity contribution in [2.45, 2.75) is 19.4 Å². The van der Waals surface area contributed by atoms with Crippen LogP contribution in [-0.2, 0) is 27.3 Å². The van der Waals surface area contributed by atoms with Crippen LogP contribution in [0.25, 0.3) is 0 Å². The largest absolute Gasteiger partial charge is 0.469 e. The fourth-order valence-corrected chi connectivity index (χ4v) is 3.55. The Morgan fingerprint density at radius 2 is 2.42 bits per heavy atom. The Kier molecular flexibility index (Phi) is 3.24. The first kappa shape index (κ1) is 12.6. The summed E-state index contributed by atoms with van der Waals surface area (Å²) < 4.78 is 4.70. The van der Waals surface area contributed by atoms with E-state index in [0.717, 1.165) is 25.2 Å². The molecule has 102 valence electrons. The summed E-state index contributed by atoms with van der Waals surface area (Å²) in [7, 11) is 1.35. The number of esters is 1. The average molecular weight is 281 g/mol. The van der Waals surface area contributed by atoms with Crippen LogP contribution in [0.2, 0.25) is 0 Å². The molecule has 0 aromatic carbocycles. The van der Waals surface area contributed by atoms with E-state index in [-0.39, 0.29) is 24.2 Å². The van der Waals surface area contributed by atoms with Crippen LogP contribution in [0.15, 0.2) is 0 Å². The topological polar surface area (TPSA) is 71.5 Å². The molecule has 1 unspecified atom stereocenters. The number of ether oxygens (including phenoxy) is 1. The van der Waals surface area contributed by atoms with E-state index in [1.165, 1.54) is 23.3 Å². The maximum absolute atomic E-state index is 12.0. The van der Waals surface area contributed by atoms with Gasteiger partial charge < -0.3 is 10.1 Å². The Labute approximate surface area is 114 Å². The molecular weight excluding hydrogens is 266 g/mol. The molecule has 0 aliphatic carbocycles. The molecule has 3 rings (SSSR count). The third-order valence-electron chi connectivity index (χ3n) is 3.48. The van der Waals surface area contributed by atoms with Gasteiger partial charge in [0, 0.05) is 37.4 Å². The number of carbonyl (C=O) groups is 2. The van der Waals surface area contributed by atoms with Gasteiger partial charge in [-0.3, -0.25) is 14.5 Å². The van der Waals surface area contributed by atoms with Crippen LogP contribution in [0.4, 0.5) is 5.13 Å². The normalized spacial score (nSPS) is 22.5. The predicted molar refractivity (Wildman–Crippen MR) is 70.0 cm³/mol.